The van der Waals surface area contributed by atoms with Crippen molar-refractivity contribution in [1.29, 1.82) is 0 Å². The topological polar surface area (TPSA) is 30.5 Å². The number of alkyl halides is 3. The van der Waals surface area contributed by atoms with Gasteiger partial charge in [0, 0.05) is 10.5 Å². The number of ether oxygens (including phenoxy) is 2. The van der Waals surface area contributed by atoms with Crippen molar-refractivity contribution >= 4 is 21.6 Å². The molecule has 0 unspecified atom stereocenters. The van der Waals surface area contributed by atoms with E-state index in [2.05, 4.69) is 26.0 Å². The molecule has 2 aromatic carbocycles. The van der Waals surface area contributed by atoms with Crippen LogP contribution in [0.5, 0.6) is 11.5 Å². The van der Waals surface area contributed by atoms with Gasteiger partial charge in [-0.1, -0.05) is 28.1 Å². The smallest absolute Gasteiger partial charge is 0.482 e. The lowest BCUT2D eigenvalue weighted by Gasteiger charge is -2.28. The van der Waals surface area contributed by atoms with Gasteiger partial charge in [-0.25, -0.2) is 0 Å². The highest BCUT2D eigenvalue weighted by Crippen LogP contribution is 2.38. The number of benzene rings is 2. The molecule has 3 nitrogen and oxygen atoms in total. The van der Waals surface area contributed by atoms with E-state index in [0.29, 0.717) is 18.0 Å². The van der Waals surface area contributed by atoms with Gasteiger partial charge in [0.2, 0.25) is 0 Å². The van der Waals surface area contributed by atoms with E-state index in [4.69, 9.17) is 4.74 Å². The van der Waals surface area contributed by atoms with Crippen molar-refractivity contribution in [3.63, 3.8) is 0 Å². The average molecular weight is 374 g/mol. The van der Waals surface area contributed by atoms with Crippen LogP contribution in [0.15, 0.2) is 46.9 Å². The minimum Gasteiger partial charge on any atom is -0.482 e. The molecule has 0 bridgehead atoms. The van der Waals surface area contributed by atoms with Crippen LogP contribution in [0.3, 0.4) is 0 Å². The normalized spacial score (nSPS) is 17.2. The van der Waals surface area contributed by atoms with Gasteiger partial charge in [-0.15, -0.1) is 13.2 Å². The summed E-state index contributed by atoms with van der Waals surface area (Å²) in [6.45, 7) is 0.536. The molecule has 116 valence electrons. The summed E-state index contributed by atoms with van der Waals surface area (Å²) < 4.78 is 47.5. The molecule has 3 rings (SSSR count). The largest absolute Gasteiger partial charge is 0.573 e. The highest BCUT2D eigenvalue weighted by atomic mass is 79.9. The molecule has 2 aromatic rings. The lowest BCUT2D eigenvalue weighted by Crippen LogP contribution is -2.24. The fourth-order valence-electron chi connectivity index (χ4n) is 2.20. The maximum Gasteiger partial charge on any atom is 0.573 e. The van der Waals surface area contributed by atoms with Gasteiger partial charge in [-0.05, 0) is 29.8 Å². The molecular weight excluding hydrogens is 363 g/mol. The second kappa shape index (κ2) is 5.72. The van der Waals surface area contributed by atoms with E-state index in [1.807, 2.05) is 24.3 Å². The zero-order valence-electron chi connectivity index (χ0n) is 11.2. The van der Waals surface area contributed by atoms with E-state index in [9.17, 15) is 13.2 Å². The molecular formula is C15H11BrF3NO2. The number of anilines is 1. The van der Waals surface area contributed by atoms with Crippen molar-refractivity contribution in [3.05, 3.63) is 52.5 Å². The Morgan fingerprint density at radius 3 is 2.55 bits per heavy atom. The van der Waals surface area contributed by atoms with E-state index in [0.717, 1.165) is 10.0 Å². The molecule has 0 fully saturated rings. The van der Waals surface area contributed by atoms with Gasteiger partial charge < -0.3 is 14.8 Å². The van der Waals surface area contributed by atoms with Crippen molar-refractivity contribution in [3.8, 4) is 11.5 Å². The second-order valence-corrected chi connectivity index (χ2v) is 5.66. The molecule has 1 aliphatic heterocycles. The summed E-state index contributed by atoms with van der Waals surface area (Å²) in [5.41, 5.74) is 1.58. The summed E-state index contributed by atoms with van der Waals surface area (Å²) >= 11 is 3.35. The van der Waals surface area contributed by atoms with Crippen molar-refractivity contribution < 1.29 is 22.6 Å². The molecule has 0 radical (unpaired) electrons. The Hall–Kier alpha value is -1.89. The molecule has 7 heteroatoms. The monoisotopic (exact) mass is 373 g/mol. The number of halogens is 4. The highest BCUT2D eigenvalue weighted by molar-refractivity contribution is 9.10. The van der Waals surface area contributed by atoms with Gasteiger partial charge in [0.1, 0.15) is 17.6 Å². The first-order chi connectivity index (χ1) is 10.4. The predicted molar refractivity (Wildman–Crippen MR) is 79.1 cm³/mol. The van der Waals surface area contributed by atoms with Crippen molar-refractivity contribution in [1.82, 2.24) is 0 Å². The zero-order chi connectivity index (χ0) is 15.7. The Bertz CT molecular complexity index is 673. The quantitative estimate of drug-likeness (QED) is 0.812. The first kappa shape index (κ1) is 15.0. The molecule has 0 aliphatic carbocycles. The lowest BCUT2D eigenvalue weighted by atomic mass is 10.1. The minimum atomic E-state index is -4.72. The number of hydrogen-bond donors (Lipinski definition) is 1. The Morgan fingerprint density at radius 2 is 1.86 bits per heavy atom. The Kier molecular flexibility index (Phi) is 3.90. The van der Waals surface area contributed by atoms with Gasteiger partial charge in [0.05, 0.1) is 12.2 Å². The van der Waals surface area contributed by atoms with E-state index >= 15 is 0 Å². The molecule has 0 saturated heterocycles. The van der Waals surface area contributed by atoms with Crippen LogP contribution in [-0.4, -0.2) is 12.9 Å². The number of hydrogen-bond acceptors (Lipinski definition) is 3. The van der Waals surface area contributed by atoms with Crippen LogP contribution in [0.2, 0.25) is 0 Å². The molecule has 0 amide bonds. The Balaban J connectivity index is 1.81. The van der Waals surface area contributed by atoms with Crippen LogP contribution < -0.4 is 14.8 Å². The molecule has 22 heavy (non-hydrogen) atoms. The van der Waals surface area contributed by atoms with Crippen molar-refractivity contribution in [2.75, 3.05) is 11.9 Å². The summed E-state index contributed by atoms with van der Waals surface area (Å²) in [6, 6.07) is 11.6. The molecule has 1 N–H and O–H groups in total. The van der Waals surface area contributed by atoms with Crippen LogP contribution in [-0.2, 0) is 0 Å². The molecule has 1 heterocycles. The molecule has 0 saturated carbocycles. The SMILES string of the molecule is FC(F)(F)Oc1ccc2c(c1)O[C@@H](c1ccc(Br)cc1)CN2. The average Bonchev–Trinajstić information content (AvgIpc) is 2.45. The third-order valence-electron chi connectivity index (χ3n) is 3.18. The van der Waals surface area contributed by atoms with Gasteiger partial charge >= 0.3 is 6.36 Å². The molecule has 0 spiro atoms. The minimum absolute atomic E-state index is 0.276. The highest BCUT2D eigenvalue weighted by Gasteiger charge is 2.32. The van der Waals surface area contributed by atoms with Crippen LogP contribution in [0.4, 0.5) is 18.9 Å². The van der Waals surface area contributed by atoms with E-state index < -0.39 is 6.36 Å². The summed E-state index contributed by atoms with van der Waals surface area (Å²) in [5, 5.41) is 3.14. The summed E-state index contributed by atoms with van der Waals surface area (Å²) in [6.07, 6.45) is -5.00. The first-order valence-electron chi connectivity index (χ1n) is 6.46. The van der Waals surface area contributed by atoms with Crippen molar-refractivity contribution in [2.24, 2.45) is 0 Å². The molecule has 1 aliphatic rings. The van der Waals surface area contributed by atoms with Crippen molar-refractivity contribution in [2.45, 2.75) is 12.5 Å². The van der Waals surface area contributed by atoms with Gasteiger partial charge in [-0.2, -0.15) is 0 Å². The number of rotatable bonds is 2. The van der Waals surface area contributed by atoms with Crippen LogP contribution in [0.25, 0.3) is 0 Å². The van der Waals surface area contributed by atoms with Gasteiger partial charge in [0.25, 0.3) is 0 Å². The van der Waals surface area contributed by atoms with E-state index in [1.54, 1.807) is 0 Å². The lowest BCUT2D eigenvalue weighted by molar-refractivity contribution is -0.274. The van der Waals surface area contributed by atoms with E-state index in [1.165, 1.54) is 18.2 Å². The maximum absolute atomic E-state index is 12.3. The summed E-state index contributed by atoms with van der Waals surface area (Å²) in [7, 11) is 0. The van der Waals surface area contributed by atoms with Crippen LogP contribution >= 0.6 is 15.9 Å². The predicted octanol–water partition coefficient (Wildman–Crippen LogP) is 4.89. The third kappa shape index (κ3) is 3.47. The van der Waals surface area contributed by atoms with E-state index in [-0.39, 0.29) is 11.9 Å². The summed E-state index contributed by atoms with van der Waals surface area (Å²) in [5.74, 6) is 0.0328. The number of nitrogens with one attached hydrogen (secondary N) is 1. The fourth-order valence-corrected chi connectivity index (χ4v) is 2.47. The zero-order valence-corrected chi connectivity index (χ0v) is 12.7. The van der Waals surface area contributed by atoms with Crippen LogP contribution in [0.1, 0.15) is 11.7 Å². The second-order valence-electron chi connectivity index (χ2n) is 4.74. The molecule has 0 aromatic heterocycles. The Labute approximate surface area is 133 Å². The fraction of sp³-hybridized carbons (Fsp3) is 0.200. The third-order valence-corrected chi connectivity index (χ3v) is 3.70. The summed E-state index contributed by atoms with van der Waals surface area (Å²) in [4.78, 5) is 0. The van der Waals surface area contributed by atoms with Crippen LogP contribution in [0, 0.1) is 0 Å². The standard InChI is InChI=1S/C15H11BrF3NO2/c16-10-3-1-9(2-4-10)14-8-20-12-6-5-11(7-13(12)21-14)22-15(17,18)19/h1-7,14,20H,8H2/t14-/m1/s1. The van der Waals surface area contributed by atoms with Gasteiger partial charge in [0.15, 0.2) is 0 Å². The Morgan fingerprint density at radius 1 is 1.14 bits per heavy atom. The maximum atomic E-state index is 12.3. The molecule has 1 atom stereocenters. The van der Waals surface area contributed by atoms with Gasteiger partial charge in [-0.3, -0.25) is 0 Å². The number of fused-ring (bicyclic) bond motifs is 1. The first-order valence-corrected chi connectivity index (χ1v) is 7.26.